The number of carbonyl (C=O) groups is 2. The topological polar surface area (TPSA) is 66.8 Å². The van der Waals surface area contributed by atoms with Crippen molar-refractivity contribution in [3.63, 3.8) is 0 Å². The molecule has 0 saturated carbocycles. The lowest BCUT2D eigenvalue weighted by Crippen LogP contribution is -2.27. The Morgan fingerprint density at radius 3 is 2.65 bits per heavy atom. The van der Waals surface area contributed by atoms with Crippen LogP contribution in [0, 0.1) is 0 Å². The molecule has 0 aliphatic carbocycles. The van der Waals surface area contributed by atoms with E-state index in [1.165, 1.54) is 12.1 Å². The molecule has 1 heterocycles. The van der Waals surface area contributed by atoms with E-state index in [4.69, 9.17) is 4.74 Å². The van der Waals surface area contributed by atoms with Gasteiger partial charge in [0.2, 0.25) is 0 Å². The van der Waals surface area contributed by atoms with Crippen molar-refractivity contribution in [2.24, 2.45) is 0 Å². The van der Waals surface area contributed by atoms with Gasteiger partial charge < -0.3 is 9.84 Å². The maximum absolute atomic E-state index is 12.5. The first kappa shape index (κ1) is 15.2. The second-order valence-electron chi connectivity index (χ2n) is 4.78. The third-order valence-corrected chi connectivity index (χ3v) is 4.18. The van der Waals surface area contributed by atoms with E-state index in [9.17, 15) is 14.7 Å². The highest BCUT2D eigenvalue weighted by molar-refractivity contribution is 8.19. The minimum absolute atomic E-state index is 0.00439. The average Bonchev–Trinajstić information content (AvgIpc) is 2.82. The molecule has 1 fully saturated rings. The second-order valence-corrected chi connectivity index (χ2v) is 5.77. The van der Waals surface area contributed by atoms with E-state index in [0.29, 0.717) is 16.3 Å². The fourth-order valence-electron chi connectivity index (χ4n) is 2.25. The number of imide groups is 1. The molecule has 23 heavy (non-hydrogen) atoms. The second kappa shape index (κ2) is 6.18. The summed E-state index contributed by atoms with van der Waals surface area (Å²) >= 11 is 0.858. The number of rotatable bonds is 3. The molecule has 6 heteroatoms. The maximum Gasteiger partial charge on any atom is 0.298 e. The summed E-state index contributed by atoms with van der Waals surface area (Å²) < 4.78 is 5.25. The predicted octanol–water partition coefficient (Wildman–Crippen LogP) is 3.64. The van der Waals surface area contributed by atoms with Gasteiger partial charge in [-0.25, -0.2) is 4.90 Å². The monoisotopic (exact) mass is 327 g/mol. The van der Waals surface area contributed by atoms with Crippen LogP contribution in [0.25, 0.3) is 6.08 Å². The number of aromatic hydroxyl groups is 1. The number of thioether (sulfide) groups is 1. The van der Waals surface area contributed by atoms with Gasteiger partial charge in [0.15, 0.2) is 0 Å². The van der Waals surface area contributed by atoms with E-state index in [1.54, 1.807) is 37.5 Å². The van der Waals surface area contributed by atoms with Gasteiger partial charge in [-0.15, -0.1) is 0 Å². The van der Waals surface area contributed by atoms with Gasteiger partial charge >= 0.3 is 0 Å². The maximum atomic E-state index is 12.5. The number of nitrogens with zero attached hydrogens (tertiary/aromatic N) is 1. The lowest BCUT2D eigenvalue weighted by Gasteiger charge is -2.12. The Hall–Kier alpha value is -2.73. The molecule has 2 aromatic carbocycles. The van der Waals surface area contributed by atoms with Gasteiger partial charge in [0.05, 0.1) is 17.7 Å². The van der Waals surface area contributed by atoms with Crippen LogP contribution in [0.4, 0.5) is 10.5 Å². The minimum Gasteiger partial charge on any atom is -0.508 e. The van der Waals surface area contributed by atoms with Gasteiger partial charge in [-0.2, -0.15) is 0 Å². The number of hydrogen-bond acceptors (Lipinski definition) is 5. The van der Waals surface area contributed by atoms with E-state index in [2.05, 4.69) is 0 Å². The molecular weight excluding hydrogens is 314 g/mol. The van der Waals surface area contributed by atoms with Crippen molar-refractivity contribution in [2.45, 2.75) is 0 Å². The number of carbonyl (C=O) groups excluding carboxylic acids is 2. The quantitative estimate of drug-likeness (QED) is 0.872. The van der Waals surface area contributed by atoms with Crippen molar-refractivity contribution in [3.05, 3.63) is 59.0 Å². The zero-order chi connectivity index (χ0) is 16.4. The summed E-state index contributed by atoms with van der Waals surface area (Å²) in [6.07, 6.45) is 1.63. The molecule has 0 unspecified atom stereocenters. The first-order valence-electron chi connectivity index (χ1n) is 6.80. The first-order chi connectivity index (χ1) is 11.1. The van der Waals surface area contributed by atoms with Crippen LogP contribution in [0.15, 0.2) is 53.4 Å². The molecular formula is C17H13NO4S. The standard InChI is InChI=1S/C17H13NO4S/c1-22-14-8-3-2-5-11(14)9-15-16(20)18(17(21)23-15)12-6-4-7-13(19)10-12/h2-10,19H,1H3/b15-9-. The number of amides is 2. The molecule has 1 saturated heterocycles. The summed E-state index contributed by atoms with van der Waals surface area (Å²) in [6.45, 7) is 0. The fourth-order valence-corrected chi connectivity index (χ4v) is 3.08. The summed E-state index contributed by atoms with van der Waals surface area (Å²) in [6, 6.07) is 13.3. The molecule has 0 aromatic heterocycles. The smallest absolute Gasteiger partial charge is 0.298 e. The summed E-state index contributed by atoms with van der Waals surface area (Å²) in [5, 5.41) is 9.13. The van der Waals surface area contributed by atoms with Gasteiger partial charge in [-0.05, 0) is 36.0 Å². The molecule has 1 N–H and O–H groups in total. The number of para-hydroxylation sites is 1. The molecule has 0 spiro atoms. The predicted molar refractivity (Wildman–Crippen MR) is 89.6 cm³/mol. The third kappa shape index (κ3) is 2.93. The number of phenolic OH excluding ortho intramolecular Hbond substituents is 1. The SMILES string of the molecule is COc1ccccc1/C=C1\SC(=O)N(c2cccc(O)c2)C1=O. The summed E-state index contributed by atoms with van der Waals surface area (Å²) in [7, 11) is 1.55. The molecule has 0 radical (unpaired) electrons. The van der Waals surface area contributed by atoms with Crippen LogP contribution in [0.5, 0.6) is 11.5 Å². The summed E-state index contributed by atoms with van der Waals surface area (Å²) in [4.78, 5) is 26.0. The highest BCUT2D eigenvalue weighted by Gasteiger charge is 2.36. The Bertz CT molecular complexity index is 816. The number of phenols is 1. The molecule has 3 rings (SSSR count). The van der Waals surface area contributed by atoms with Crippen LogP contribution in [0.3, 0.4) is 0 Å². The summed E-state index contributed by atoms with van der Waals surface area (Å²) in [5.74, 6) is 0.198. The largest absolute Gasteiger partial charge is 0.508 e. The van der Waals surface area contributed by atoms with Crippen molar-refractivity contribution in [1.82, 2.24) is 0 Å². The number of benzene rings is 2. The highest BCUT2D eigenvalue weighted by atomic mass is 32.2. The van der Waals surface area contributed by atoms with E-state index in [-0.39, 0.29) is 5.75 Å². The number of methoxy groups -OCH3 is 1. The van der Waals surface area contributed by atoms with Gasteiger partial charge in [-0.1, -0.05) is 24.3 Å². The van der Waals surface area contributed by atoms with E-state index >= 15 is 0 Å². The Morgan fingerprint density at radius 1 is 1.13 bits per heavy atom. The van der Waals surface area contributed by atoms with Crippen molar-refractivity contribution in [2.75, 3.05) is 12.0 Å². The van der Waals surface area contributed by atoms with Crippen LogP contribution >= 0.6 is 11.8 Å². The van der Waals surface area contributed by atoms with Crippen molar-refractivity contribution >= 4 is 34.7 Å². The highest BCUT2D eigenvalue weighted by Crippen LogP contribution is 2.37. The molecule has 0 atom stereocenters. The Balaban J connectivity index is 1.97. The Labute approximate surface area is 137 Å². The Morgan fingerprint density at radius 2 is 1.91 bits per heavy atom. The van der Waals surface area contributed by atoms with Crippen molar-refractivity contribution in [3.8, 4) is 11.5 Å². The molecule has 1 aliphatic heterocycles. The normalized spacial score (nSPS) is 16.2. The van der Waals surface area contributed by atoms with Crippen molar-refractivity contribution in [1.29, 1.82) is 0 Å². The van der Waals surface area contributed by atoms with E-state index in [0.717, 1.165) is 22.2 Å². The van der Waals surface area contributed by atoms with Crippen LogP contribution in [-0.2, 0) is 4.79 Å². The van der Waals surface area contributed by atoms with Crippen LogP contribution in [-0.4, -0.2) is 23.4 Å². The first-order valence-corrected chi connectivity index (χ1v) is 7.62. The van der Waals surface area contributed by atoms with Gasteiger partial charge in [0, 0.05) is 11.6 Å². The number of anilines is 1. The lowest BCUT2D eigenvalue weighted by molar-refractivity contribution is -0.113. The minimum atomic E-state index is -0.420. The van der Waals surface area contributed by atoms with Gasteiger partial charge in [0.25, 0.3) is 11.1 Å². The molecule has 1 aliphatic rings. The average molecular weight is 327 g/mol. The lowest BCUT2D eigenvalue weighted by atomic mass is 10.2. The van der Waals surface area contributed by atoms with Crippen LogP contribution in [0.1, 0.15) is 5.56 Å². The van der Waals surface area contributed by atoms with E-state index < -0.39 is 11.1 Å². The zero-order valence-corrected chi connectivity index (χ0v) is 13.0. The van der Waals surface area contributed by atoms with Crippen molar-refractivity contribution < 1.29 is 19.4 Å². The molecule has 2 amide bonds. The molecule has 5 nitrogen and oxygen atoms in total. The number of ether oxygens (including phenoxy) is 1. The third-order valence-electron chi connectivity index (χ3n) is 3.31. The van der Waals surface area contributed by atoms with Gasteiger partial charge in [0.1, 0.15) is 11.5 Å². The van der Waals surface area contributed by atoms with E-state index in [1.807, 2.05) is 12.1 Å². The molecule has 0 bridgehead atoms. The Kier molecular flexibility index (Phi) is 4.08. The number of hydrogen-bond donors (Lipinski definition) is 1. The molecule has 116 valence electrons. The van der Waals surface area contributed by atoms with Crippen LogP contribution < -0.4 is 9.64 Å². The van der Waals surface area contributed by atoms with Gasteiger partial charge in [-0.3, -0.25) is 9.59 Å². The fraction of sp³-hybridized carbons (Fsp3) is 0.0588. The zero-order valence-electron chi connectivity index (χ0n) is 12.2. The summed E-state index contributed by atoms with van der Waals surface area (Å²) in [5.41, 5.74) is 1.06. The molecule has 2 aromatic rings. The van der Waals surface area contributed by atoms with Crippen LogP contribution in [0.2, 0.25) is 0 Å².